The molecule has 2 aliphatic rings. The van der Waals surface area contributed by atoms with Crippen molar-refractivity contribution >= 4 is 23.5 Å². The van der Waals surface area contributed by atoms with Crippen molar-refractivity contribution in [2.24, 2.45) is 5.92 Å². The number of non-ortho nitro benzene ring substituents is 1. The van der Waals surface area contributed by atoms with Gasteiger partial charge >= 0.3 is 6.09 Å². The number of nitro benzene ring substituents is 1. The number of hydrogen-bond donors (Lipinski definition) is 1. The van der Waals surface area contributed by atoms with Crippen LogP contribution in [0.4, 0.5) is 22.2 Å². The first kappa shape index (κ1) is 21.9. The molecule has 10 nitrogen and oxygen atoms in total. The quantitative estimate of drug-likeness (QED) is 0.514. The maximum absolute atomic E-state index is 12.2. The number of benzene rings is 1. The molecule has 0 radical (unpaired) electrons. The lowest BCUT2D eigenvalue weighted by Crippen LogP contribution is -2.39. The number of likely N-dealkylation sites (tertiary alicyclic amines) is 1. The average molecular weight is 441 g/mol. The third kappa shape index (κ3) is 4.96. The van der Waals surface area contributed by atoms with E-state index in [1.165, 1.54) is 0 Å². The van der Waals surface area contributed by atoms with Crippen molar-refractivity contribution in [2.45, 2.75) is 45.3 Å². The number of hydrogen-bond acceptors (Lipinski definition) is 8. The highest BCUT2D eigenvalue weighted by Crippen LogP contribution is 2.26. The summed E-state index contributed by atoms with van der Waals surface area (Å²) in [6, 6.07) is 8.67. The van der Waals surface area contributed by atoms with Gasteiger partial charge in [-0.25, -0.2) is 9.78 Å². The standard InChI is InChI=1S/C22H28N6O4/c1-15(2)19-14-32-22(29)27(19)20-7-10-23-21(25-20)24-17-8-11-26(12-9-17)13-16-3-5-18(6-4-16)28(30)31/h3-7,10,15,17,19H,8-9,11-14H2,1-2H3,(H,23,24,25)/t19-/m1/s1. The van der Waals surface area contributed by atoms with Crippen LogP contribution in [-0.4, -0.2) is 57.7 Å². The second kappa shape index (κ2) is 9.47. The molecule has 1 atom stereocenters. The SMILES string of the molecule is CC(C)[C@H]1COC(=O)N1c1ccnc(NC2CCN(Cc3ccc([N+](=O)[O-])cc3)CC2)n1. The summed E-state index contributed by atoms with van der Waals surface area (Å²) in [5.41, 5.74) is 1.18. The number of aromatic nitrogens is 2. The summed E-state index contributed by atoms with van der Waals surface area (Å²) in [6.45, 7) is 7.07. The van der Waals surface area contributed by atoms with E-state index in [2.05, 4.69) is 34.0 Å². The predicted octanol–water partition coefficient (Wildman–Crippen LogP) is 3.44. The minimum absolute atomic E-state index is 0.0343. The summed E-state index contributed by atoms with van der Waals surface area (Å²) >= 11 is 0. The lowest BCUT2D eigenvalue weighted by atomic mass is 10.0. The molecule has 10 heteroatoms. The number of ether oxygens (including phenoxy) is 1. The topological polar surface area (TPSA) is 114 Å². The lowest BCUT2D eigenvalue weighted by molar-refractivity contribution is -0.384. The first-order chi connectivity index (χ1) is 15.4. The van der Waals surface area contributed by atoms with Gasteiger partial charge in [0.2, 0.25) is 5.95 Å². The number of anilines is 2. The van der Waals surface area contributed by atoms with E-state index in [4.69, 9.17) is 4.74 Å². The molecule has 0 unspecified atom stereocenters. The van der Waals surface area contributed by atoms with E-state index in [-0.39, 0.29) is 34.7 Å². The van der Waals surface area contributed by atoms with Crippen LogP contribution in [0.1, 0.15) is 32.3 Å². The molecule has 3 heterocycles. The molecule has 1 amide bonds. The number of nitrogens with zero attached hydrogens (tertiary/aromatic N) is 5. The first-order valence-electron chi connectivity index (χ1n) is 10.9. The Labute approximate surface area is 186 Å². The molecular formula is C22H28N6O4. The lowest BCUT2D eigenvalue weighted by Gasteiger charge is -2.32. The van der Waals surface area contributed by atoms with Crippen LogP contribution in [0.5, 0.6) is 0 Å². The van der Waals surface area contributed by atoms with Gasteiger partial charge in [-0.3, -0.25) is 19.9 Å². The Hall–Kier alpha value is -3.27. The van der Waals surface area contributed by atoms with Crippen LogP contribution in [0.25, 0.3) is 0 Å². The summed E-state index contributed by atoms with van der Waals surface area (Å²) in [7, 11) is 0. The zero-order chi connectivity index (χ0) is 22.7. The van der Waals surface area contributed by atoms with Crippen LogP contribution in [0.15, 0.2) is 36.5 Å². The molecule has 2 aromatic rings. The highest BCUT2D eigenvalue weighted by molar-refractivity contribution is 5.89. The van der Waals surface area contributed by atoms with E-state index in [1.54, 1.807) is 29.3 Å². The molecule has 0 bridgehead atoms. The third-order valence-electron chi connectivity index (χ3n) is 6.04. The molecule has 4 rings (SSSR count). The van der Waals surface area contributed by atoms with Gasteiger partial charge in [-0.15, -0.1) is 0 Å². The molecule has 0 saturated carbocycles. The monoisotopic (exact) mass is 440 g/mol. The van der Waals surface area contributed by atoms with Crippen molar-refractivity contribution in [1.82, 2.24) is 14.9 Å². The van der Waals surface area contributed by atoms with Gasteiger partial charge in [-0.05, 0) is 30.4 Å². The van der Waals surface area contributed by atoms with E-state index in [9.17, 15) is 14.9 Å². The Bertz CT molecular complexity index is 959. The minimum atomic E-state index is -0.381. The fraction of sp³-hybridized carbons (Fsp3) is 0.500. The zero-order valence-corrected chi connectivity index (χ0v) is 18.3. The summed E-state index contributed by atoms with van der Waals surface area (Å²) < 4.78 is 5.23. The maximum atomic E-state index is 12.2. The van der Waals surface area contributed by atoms with Gasteiger partial charge in [0.25, 0.3) is 5.69 Å². The van der Waals surface area contributed by atoms with Crippen molar-refractivity contribution in [3.05, 3.63) is 52.2 Å². The van der Waals surface area contributed by atoms with Crippen molar-refractivity contribution < 1.29 is 14.5 Å². The molecule has 2 fully saturated rings. The van der Waals surface area contributed by atoms with E-state index >= 15 is 0 Å². The molecule has 32 heavy (non-hydrogen) atoms. The van der Waals surface area contributed by atoms with Crippen LogP contribution in [0, 0.1) is 16.0 Å². The molecule has 1 aromatic carbocycles. The third-order valence-corrected chi connectivity index (χ3v) is 6.04. The number of carbonyl (C=O) groups is 1. The maximum Gasteiger partial charge on any atom is 0.415 e. The van der Waals surface area contributed by atoms with E-state index in [0.717, 1.165) is 38.0 Å². The van der Waals surface area contributed by atoms with Crippen LogP contribution in [0.2, 0.25) is 0 Å². The number of cyclic esters (lactones) is 1. The predicted molar refractivity (Wildman–Crippen MR) is 120 cm³/mol. The molecule has 1 aromatic heterocycles. The van der Waals surface area contributed by atoms with Gasteiger partial charge in [0.05, 0.1) is 11.0 Å². The molecule has 1 N–H and O–H groups in total. The Morgan fingerprint density at radius 3 is 2.59 bits per heavy atom. The highest BCUT2D eigenvalue weighted by Gasteiger charge is 2.37. The molecule has 170 valence electrons. The van der Waals surface area contributed by atoms with Gasteiger partial charge in [0.1, 0.15) is 12.4 Å². The van der Waals surface area contributed by atoms with Crippen LogP contribution < -0.4 is 10.2 Å². The van der Waals surface area contributed by atoms with E-state index in [0.29, 0.717) is 18.4 Å². The van der Waals surface area contributed by atoms with Crippen molar-refractivity contribution in [3.8, 4) is 0 Å². The van der Waals surface area contributed by atoms with Gasteiger partial charge in [-0.2, -0.15) is 4.98 Å². The molecule has 0 spiro atoms. The Morgan fingerprint density at radius 2 is 1.94 bits per heavy atom. The number of nitrogens with one attached hydrogen (secondary N) is 1. The number of piperidine rings is 1. The van der Waals surface area contributed by atoms with Gasteiger partial charge in [-0.1, -0.05) is 26.0 Å². The number of nitro groups is 1. The molecule has 2 aliphatic heterocycles. The first-order valence-corrected chi connectivity index (χ1v) is 10.9. The molecule has 0 aliphatic carbocycles. The Morgan fingerprint density at radius 1 is 1.22 bits per heavy atom. The molecular weight excluding hydrogens is 412 g/mol. The number of amides is 1. The number of rotatable bonds is 7. The summed E-state index contributed by atoms with van der Waals surface area (Å²) in [5, 5.41) is 14.2. The Balaban J connectivity index is 1.32. The van der Waals surface area contributed by atoms with Crippen LogP contribution >= 0.6 is 0 Å². The minimum Gasteiger partial charge on any atom is -0.447 e. The van der Waals surface area contributed by atoms with Gasteiger partial charge in [0, 0.05) is 44.0 Å². The van der Waals surface area contributed by atoms with Crippen LogP contribution in [-0.2, 0) is 11.3 Å². The largest absolute Gasteiger partial charge is 0.447 e. The summed E-state index contributed by atoms with van der Waals surface area (Å²) in [4.78, 5) is 35.5. The highest BCUT2D eigenvalue weighted by atomic mass is 16.6. The Kier molecular flexibility index (Phi) is 6.50. The normalized spacial score (nSPS) is 19.9. The van der Waals surface area contributed by atoms with Gasteiger partial charge in [0.15, 0.2) is 0 Å². The average Bonchev–Trinajstić information content (AvgIpc) is 3.17. The zero-order valence-electron chi connectivity index (χ0n) is 18.3. The van der Waals surface area contributed by atoms with Gasteiger partial charge < -0.3 is 10.1 Å². The van der Waals surface area contributed by atoms with Crippen molar-refractivity contribution in [3.63, 3.8) is 0 Å². The second-order valence-electron chi connectivity index (χ2n) is 8.62. The number of carbonyl (C=O) groups excluding carboxylic acids is 1. The van der Waals surface area contributed by atoms with Crippen LogP contribution in [0.3, 0.4) is 0 Å². The smallest absolute Gasteiger partial charge is 0.415 e. The summed E-state index contributed by atoms with van der Waals surface area (Å²) in [6.07, 6.45) is 3.16. The van der Waals surface area contributed by atoms with Crippen molar-refractivity contribution in [2.75, 3.05) is 29.9 Å². The van der Waals surface area contributed by atoms with E-state index < -0.39 is 0 Å². The van der Waals surface area contributed by atoms with Crippen molar-refractivity contribution in [1.29, 1.82) is 0 Å². The van der Waals surface area contributed by atoms with E-state index in [1.807, 2.05) is 12.1 Å². The second-order valence-corrected chi connectivity index (χ2v) is 8.62. The fourth-order valence-electron chi connectivity index (χ4n) is 4.14. The molecule has 2 saturated heterocycles. The fourth-order valence-corrected chi connectivity index (χ4v) is 4.14. The summed E-state index contributed by atoms with van der Waals surface area (Å²) in [5.74, 6) is 1.32.